The number of likely N-dealkylation sites (tertiary alicyclic amines) is 1. The maximum absolute atomic E-state index is 13.3. The molecule has 0 spiro atoms. The van der Waals surface area contributed by atoms with Gasteiger partial charge >= 0.3 is 0 Å². The molecule has 2 saturated heterocycles. The second-order valence-corrected chi connectivity index (χ2v) is 6.68. The molecule has 122 valence electrons. The summed E-state index contributed by atoms with van der Waals surface area (Å²) in [6.45, 7) is 6.47. The Kier molecular flexibility index (Phi) is 4.23. The third-order valence-electron chi connectivity index (χ3n) is 5.06. The first-order valence-corrected chi connectivity index (χ1v) is 7.95. The Morgan fingerprint density at radius 3 is 2.59 bits per heavy atom. The highest BCUT2D eigenvalue weighted by Crippen LogP contribution is 2.29. The van der Waals surface area contributed by atoms with Crippen molar-refractivity contribution in [2.45, 2.75) is 37.8 Å². The number of hydrogen-bond acceptors (Lipinski definition) is 4. The van der Waals surface area contributed by atoms with E-state index in [1.807, 2.05) is 0 Å². The number of nitrogens with two attached hydrogens (primary N) is 1. The van der Waals surface area contributed by atoms with Crippen LogP contribution in [-0.4, -0.2) is 42.7 Å². The molecule has 0 aromatic heterocycles. The number of halogens is 2. The quantitative estimate of drug-likeness (QED) is 0.749. The number of piperidine rings is 1. The van der Waals surface area contributed by atoms with Crippen LogP contribution in [0.4, 0.5) is 20.2 Å². The molecule has 2 aliphatic rings. The zero-order valence-corrected chi connectivity index (χ0v) is 13.0. The van der Waals surface area contributed by atoms with Gasteiger partial charge in [-0.15, -0.1) is 0 Å². The molecular weight excluding hydrogens is 286 g/mol. The molecule has 0 amide bonds. The van der Waals surface area contributed by atoms with Gasteiger partial charge in [-0.05, 0) is 32.7 Å². The van der Waals surface area contributed by atoms with Gasteiger partial charge in [0.1, 0.15) is 0 Å². The van der Waals surface area contributed by atoms with Gasteiger partial charge in [-0.2, -0.15) is 0 Å². The van der Waals surface area contributed by atoms with Gasteiger partial charge in [-0.25, -0.2) is 8.78 Å². The van der Waals surface area contributed by atoms with Crippen molar-refractivity contribution in [1.82, 2.24) is 10.2 Å². The normalized spacial score (nSPS) is 27.2. The second kappa shape index (κ2) is 6.01. The monoisotopic (exact) mass is 310 g/mol. The van der Waals surface area contributed by atoms with Gasteiger partial charge < -0.3 is 16.4 Å². The van der Waals surface area contributed by atoms with Gasteiger partial charge in [0.05, 0.1) is 11.4 Å². The first-order valence-electron chi connectivity index (χ1n) is 7.95. The van der Waals surface area contributed by atoms with Crippen LogP contribution in [0.2, 0.25) is 0 Å². The van der Waals surface area contributed by atoms with Crippen LogP contribution in [0.15, 0.2) is 12.1 Å². The number of anilines is 2. The summed E-state index contributed by atoms with van der Waals surface area (Å²) in [4.78, 5) is 2.54. The number of hydrogen-bond donors (Lipinski definition) is 3. The zero-order valence-electron chi connectivity index (χ0n) is 13.0. The van der Waals surface area contributed by atoms with Crippen LogP contribution >= 0.6 is 0 Å². The van der Waals surface area contributed by atoms with Crippen LogP contribution in [0.3, 0.4) is 0 Å². The van der Waals surface area contributed by atoms with Gasteiger partial charge in [0.2, 0.25) is 0 Å². The molecule has 1 aromatic carbocycles. The minimum atomic E-state index is -0.903. The third-order valence-corrected chi connectivity index (χ3v) is 5.06. The molecule has 0 aliphatic carbocycles. The number of rotatable bonds is 3. The lowest BCUT2D eigenvalue weighted by atomic mass is 9.94. The summed E-state index contributed by atoms with van der Waals surface area (Å²) in [6.07, 6.45) is 3.14. The Morgan fingerprint density at radius 1 is 1.27 bits per heavy atom. The summed E-state index contributed by atoms with van der Waals surface area (Å²) in [5.41, 5.74) is 6.77. The fraction of sp³-hybridized carbons (Fsp3) is 0.625. The molecular formula is C16H24F2N4. The van der Waals surface area contributed by atoms with E-state index in [-0.39, 0.29) is 17.3 Å². The van der Waals surface area contributed by atoms with Crippen molar-refractivity contribution in [3.8, 4) is 0 Å². The van der Waals surface area contributed by atoms with Crippen molar-refractivity contribution in [1.29, 1.82) is 0 Å². The van der Waals surface area contributed by atoms with E-state index in [4.69, 9.17) is 5.73 Å². The van der Waals surface area contributed by atoms with Gasteiger partial charge in [0.15, 0.2) is 11.6 Å². The Morgan fingerprint density at radius 2 is 1.95 bits per heavy atom. The average molecular weight is 310 g/mol. The van der Waals surface area contributed by atoms with E-state index in [9.17, 15) is 8.78 Å². The summed E-state index contributed by atoms with van der Waals surface area (Å²) >= 11 is 0. The minimum Gasteiger partial charge on any atom is -0.397 e. The molecule has 2 fully saturated rings. The first kappa shape index (κ1) is 15.5. The Balaban J connectivity index is 1.59. The van der Waals surface area contributed by atoms with Crippen LogP contribution in [0.1, 0.15) is 26.2 Å². The summed E-state index contributed by atoms with van der Waals surface area (Å²) < 4.78 is 26.5. The third kappa shape index (κ3) is 3.03. The molecule has 1 atom stereocenters. The Labute approximate surface area is 130 Å². The van der Waals surface area contributed by atoms with E-state index in [0.29, 0.717) is 5.69 Å². The molecule has 0 saturated carbocycles. The Bertz CT molecular complexity index is 535. The molecule has 1 unspecified atom stereocenters. The van der Waals surface area contributed by atoms with E-state index in [2.05, 4.69) is 22.5 Å². The van der Waals surface area contributed by atoms with Gasteiger partial charge in [-0.1, -0.05) is 0 Å². The zero-order chi connectivity index (χ0) is 15.7. The van der Waals surface area contributed by atoms with Crippen LogP contribution in [0.25, 0.3) is 0 Å². The summed E-state index contributed by atoms with van der Waals surface area (Å²) in [5, 5.41) is 6.70. The van der Waals surface area contributed by atoms with Crippen LogP contribution in [0, 0.1) is 11.6 Å². The standard InChI is InChI=1S/C16H24F2N4/c1-16(4-5-20-10-16)22-6-2-11(3-7-22)21-15-9-13(18)12(17)8-14(15)19/h8-9,11,20-21H,2-7,10,19H2,1H3. The van der Waals surface area contributed by atoms with E-state index >= 15 is 0 Å². The number of benzene rings is 1. The lowest BCUT2D eigenvalue weighted by molar-refractivity contribution is 0.0922. The van der Waals surface area contributed by atoms with Crippen molar-refractivity contribution >= 4 is 11.4 Å². The molecule has 4 nitrogen and oxygen atoms in total. The van der Waals surface area contributed by atoms with Gasteiger partial charge in [-0.3, -0.25) is 4.90 Å². The highest BCUT2D eigenvalue weighted by molar-refractivity contribution is 5.66. The molecule has 2 heterocycles. The molecule has 6 heteroatoms. The van der Waals surface area contributed by atoms with Crippen molar-refractivity contribution < 1.29 is 8.78 Å². The number of nitrogens with one attached hydrogen (secondary N) is 2. The fourth-order valence-corrected chi connectivity index (χ4v) is 3.54. The molecule has 1 aromatic rings. The predicted octanol–water partition coefficient (Wildman–Crippen LogP) is 2.18. The van der Waals surface area contributed by atoms with E-state index in [1.165, 1.54) is 6.42 Å². The molecule has 0 bridgehead atoms. The topological polar surface area (TPSA) is 53.3 Å². The van der Waals surface area contributed by atoms with E-state index < -0.39 is 11.6 Å². The highest BCUT2D eigenvalue weighted by Gasteiger charge is 2.36. The Hall–Kier alpha value is -1.40. The largest absolute Gasteiger partial charge is 0.397 e. The highest BCUT2D eigenvalue weighted by atomic mass is 19.2. The smallest absolute Gasteiger partial charge is 0.161 e. The summed E-state index contributed by atoms with van der Waals surface area (Å²) in [7, 11) is 0. The van der Waals surface area contributed by atoms with Crippen LogP contribution < -0.4 is 16.4 Å². The summed E-state index contributed by atoms with van der Waals surface area (Å²) in [6, 6.07) is 2.44. The van der Waals surface area contributed by atoms with Crippen LogP contribution in [0.5, 0.6) is 0 Å². The summed E-state index contributed by atoms with van der Waals surface area (Å²) in [5.74, 6) is -1.77. The fourth-order valence-electron chi connectivity index (χ4n) is 3.54. The minimum absolute atomic E-state index is 0.251. The van der Waals surface area contributed by atoms with Crippen molar-refractivity contribution in [2.75, 3.05) is 37.2 Å². The maximum Gasteiger partial charge on any atom is 0.161 e. The second-order valence-electron chi connectivity index (χ2n) is 6.68. The van der Waals surface area contributed by atoms with Crippen molar-refractivity contribution in [3.63, 3.8) is 0 Å². The molecule has 3 rings (SSSR count). The van der Waals surface area contributed by atoms with Crippen molar-refractivity contribution in [2.24, 2.45) is 0 Å². The van der Waals surface area contributed by atoms with E-state index in [0.717, 1.165) is 51.2 Å². The van der Waals surface area contributed by atoms with Crippen molar-refractivity contribution in [3.05, 3.63) is 23.8 Å². The molecule has 22 heavy (non-hydrogen) atoms. The average Bonchev–Trinajstić information content (AvgIpc) is 2.93. The maximum atomic E-state index is 13.3. The number of nitrogens with zero attached hydrogens (tertiary/aromatic N) is 1. The predicted molar refractivity (Wildman–Crippen MR) is 84.9 cm³/mol. The first-order chi connectivity index (χ1) is 10.5. The van der Waals surface area contributed by atoms with Crippen LogP contribution in [-0.2, 0) is 0 Å². The SMILES string of the molecule is CC1(N2CCC(Nc3cc(F)c(F)cc3N)CC2)CCNC1. The van der Waals surface area contributed by atoms with E-state index in [1.54, 1.807) is 0 Å². The molecule has 2 aliphatic heterocycles. The molecule has 4 N–H and O–H groups in total. The van der Waals surface area contributed by atoms with Gasteiger partial charge in [0, 0.05) is 43.3 Å². The number of nitrogen functional groups attached to an aromatic ring is 1. The lowest BCUT2D eigenvalue weighted by Crippen LogP contribution is -2.52. The lowest BCUT2D eigenvalue weighted by Gasteiger charge is -2.43. The van der Waals surface area contributed by atoms with Gasteiger partial charge in [0.25, 0.3) is 0 Å². The molecule has 0 radical (unpaired) electrons.